The van der Waals surface area contributed by atoms with Crippen molar-refractivity contribution < 1.29 is 4.74 Å². The second kappa shape index (κ2) is 5.34. The fourth-order valence-electron chi connectivity index (χ4n) is 2.05. The lowest BCUT2D eigenvalue weighted by atomic mass is 10.1. The van der Waals surface area contributed by atoms with Gasteiger partial charge in [0, 0.05) is 17.8 Å². The van der Waals surface area contributed by atoms with E-state index in [1.165, 1.54) is 0 Å². The zero-order valence-corrected chi connectivity index (χ0v) is 11.8. The Balaban J connectivity index is 1.86. The highest BCUT2D eigenvalue weighted by Crippen LogP contribution is 2.26. The second-order valence-corrected chi connectivity index (χ2v) is 5.18. The third-order valence-corrected chi connectivity index (χ3v) is 3.83. The van der Waals surface area contributed by atoms with E-state index in [4.69, 9.17) is 10.5 Å². The SMILES string of the molecule is COc1ccc(N)cc1CNc1ncnc2sccc12. The molecule has 0 saturated carbocycles. The molecule has 0 aliphatic carbocycles. The highest BCUT2D eigenvalue weighted by Gasteiger charge is 2.07. The minimum absolute atomic E-state index is 0.593. The van der Waals surface area contributed by atoms with Crippen LogP contribution in [0.3, 0.4) is 0 Å². The van der Waals surface area contributed by atoms with Gasteiger partial charge in [-0.25, -0.2) is 9.97 Å². The fraction of sp³-hybridized carbons (Fsp3) is 0.143. The Hall–Kier alpha value is -2.34. The number of aromatic nitrogens is 2. The predicted molar refractivity (Wildman–Crippen MR) is 82.1 cm³/mol. The second-order valence-electron chi connectivity index (χ2n) is 4.29. The summed E-state index contributed by atoms with van der Waals surface area (Å²) in [6, 6.07) is 7.60. The van der Waals surface area contributed by atoms with E-state index >= 15 is 0 Å². The van der Waals surface area contributed by atoms with Crippen molar-refractivity contribution in [3.8, 4) is 5.75 Å². The molecular weight excluding hydrogens is 272 g/mol. The molecule has 3 aromatic rings. The predicted octanol–water partition coefficient (Wildman–Crippen LogP) is 2.89. The van der Waals surface area contributed by atoms with Gasteiger partial charge in [0.15, 0.2) is 0 Å². The third kappa shape index (κ3) is 2.37. The maximum atomic E-state index is 5.82. The molecule has 0 unspecified atom stereocenters. The lowest BCUT2D eigenvalue weighted by Gasteiger charge is -2.11. The summed E-state index contributed by atoms with van der Waals surface area (Å²) in [6.07, 6.45) is 1.57. The molecule has 0 bridgehead atoms. The van der Waals surface area contributed by atoms with Crippen molar-refractivity contribution in [1.82, 2.24) is 9.97 Å². The Morgan fingerprint density at radius 2 is 2.20 bits per heavy atom. The first-order chi connectivity index (χ1) is 9.78. The minimum Gasteiger partial charge on any atom is -0.496 e. The topological polar surface area (TPSA) is 73.1 Å². The Bertz CT molecular complexity index is 741. The average Bonchev–Trinajstić information content (AvgIpc) is 2.94. The molecule has 0 aliphatic heterocycles. The van der Waals surface area contributed by atoms with Crippen LogP contribution in [0.15, 0.2) is 36.0 Å². The summed E-state index contributed by atoms with van der Waals surface area (Å²) >= 11 is 1.60. The van der Waals surface area contributed by atoms with Gasteiger partial charge in [-0.2, -0.15) is 0 Å². The van der Waals surface area contributed by atoms with Gasteiger partial charge < -0.3 is 15.8 Å². The molecule has 2 aromatic heterocycles. The van der Waals surface area contributed by atoms with Gasteiger partial charge >= 0.3 is 0 Å². The number of rotatable bonds is 4. The molecule has 102 valence electrons. The summed E-state index contributed by atoms with van der Waals surface area (Å²) in [5.74, 6) is 1.63. The van der Waals surface area contributed by atoms with Gasteiger partial charge in [0.25, 0.3) is 0 Å². The molecule has 0 atom stereocenters. The van der Waals surface area contributed by atoms with Crippen molar-refractivity contribution in [3.05, 3.63) is 41.5 Å². The zero-order chi connectivity index (χ0) is 13.9. The largest absolute Gasteiger partial charge is 0.496 e. The van der Waals surface area contributed by atoms with Crippen LogP contribution in [-0.4, -0.2) is 17.1 Å². The van der Waals surface area contributed by atoms with Gasteiger partial charge in [0.1, 0.15) is 22.7 Å². The van der Waals surface area contributed by atoms with Crippen molar-refractivity contribution in [2.75, 3.05) is 18.2 Å². The summed E-state index contributed by atoms with van der Waals surface area (Å²) < 4.78 is 5.33. The van der Waals surface area contributed by atoms with E-state index in [-0.39, 0.29) is 0 Å². The smallest absolute Gasteiger partial charge is 0.138 e. The van der Waals surface area contributed by atoms with Crippen molar-refractivity contribution in [2.45, 2.75) is 6.54 Å². The number of nitrogens with one attached hydrogen (secondary N) is 1. The summed E-state index contributed by atoms with van der Waals surface area (Å²) in [5, 5.41) is 6.35. The normalized spacial score (nSPS) is 10.7. The van der Waals surface area contributed by atoms with E-state index in [0.29, 0.717) is 12.2 Å². The molecule has 2 heterocycles. The van der Waals surface area contributed by atoms with E-state index in [9.17, 15) is 0 Å². The Labute approximate surface area is 120 Å². The number of ether oxygens (including phenoxy) is 1. The lowest BCUT2D eigenvalue weighted by Crippen LogP contribution is -2.04. The van der Waals surface area contributed by atoms with Crippen molar-refractivity contribution in [2.24, 2.45) is 0 Å². The van der Waals surface area contributed by atoms with Crippen LogP contribution >= 0.6 is 11.3 Å². The van der Waals surface area contributed by atoms with Crippen LogP contribution in [0.25, 0.3) is 10.2 Å². The van der Waals surface area contributed by atoms with Gasteiger partial charge in [0.05, 0.1) is 12.5 Å². The van der Waals surface area contributed by atoms with Crippen LogP contribution in [0, 0.1) is 0 Å². The quantitative estimate of drug-likeness (QED) is 0.721. The Morgan fingerprint density at radius 1 is 1.30 bits per heavy atom. The first kappa shape index (κ1) is 12.7. The van der Waals surface area contributed by atoms with Gasteiger partial charge in [-0.3, -0.25) is 0 Å². The van der Waals surface area contributed by atoms with Gasteiger partial charge in [-0.15, -0.1) is 11.3 Å². The number of thiophene rings is 1. The maximum absolute atomic E-state index is 5.82. The molecule has 0 amide bonds. The van der Waals surface area contributed by atoms with Crippen LogP contribution in [0.1, 0.15) is 5.56 Å². The minimum atomic E-state index is 0.593. The number of methoxy groups -OCH3 is 1. The van der Waals surface area contributed by atoms with Crippen LogP contribution in [0.5, 0.6) is 5.75 Å². The maximum Gasteiger partial charge on any atom is 0.138 e. The zero-order valence-electron chi connectivity index (χ0n) is 11.0. The molecule has 0 radical (unpaired) electrons. The van der Waals surface area contributed by atoms with Crippen molar-refractivity contribution >= 4 is 33.1 Å². The number of nitrogen functional groups attached to an aromatic ring is 1. The molecule has 5 nitrogen and oxygen atoms in total. The highest BCUT2D eigenvalue weighted by atomic mass is 32.1. The monoisotopic (exact) mass is 286 g/mol. The third-order valence-electron chi connectivity index (χ3n) is 3.01. The number of fused-ring (bicyclic) bond motifs is 1. The molecule has 0 aliphatic rings. The summed E-state index contributed by atoms with van der Waals surface area (Å²) in [7, 11) is 1.65. The van der Waals surface area contributed by atoms with E-state index < -0.39 is 0 Å². The van der Waals surface area contributed by atoms with E-state index in [1.807, 2.05) is 29.6 Å². The first-order valence-corrected chi connectivity index (χ1v) is 7.00. The number of hydrogen-bond acceptors (Lipinski definition) is 6. The van der Waals surface area contributed by atoms with Gasteiger partial charge in [-0.1, -0.05) is 0 Å². The number of hydrogen-bond donors (Lipinski definition) is 2. The Kier molecular flexibility index (Phi) is 3.39. The van der Waals surface area contributed by atoms with Crippen LogP contribution in [-0.2, 0) is 6.54 Å². The molecular formula is C14H14N4OS. The van der Waals surface area contributed by atoms with E-state index in [0.717, 1.165) is 27.3 Å². The first-order valence-electron chi connectivity index (χ1n) is 6.12. The molecule has 0 spiro atoms. The molecule has 1 aromatic carbocycles. The van der Waals surface area contributed by atoms with Gasteiger partial charge in [0.2, 0.25) is 0 Å². The van der Waals surface area contributed by atoms with Crippen LogP contribution < -0.4 is 15.8 Å². The number of anilines is 2. The lowest BCUT2D eigenvalue weighted by molar-refractivity contribution is 0.410. The molecule has 3 N–H and O–H groups in total. The summed E-state index contributed by atoms with van der Waals surface area (Å²) in [4.78, 5) is 9.49. The molecule has 3 rings (SSSR count). The average molecular weight is 286 g/mol. The standard InChI is InChI=1S/C14H14N4OS/c1-19-12-3-2-10(15)6-9(12)7-16-13-11-4-5-20-14(11)18-8-17-13/h2-6,8H,7,15H2,1H3,(H,16,17,18). The Morgan fingerprint density at radius 3 is 3.05 bits per heavy atom. The molecule has 20 heavy (non-hydrogen) atoms. The van der Waals surface area contributed by atoms with Crippen molar-refractivity contribution in [1.29, 1.82) is 0 Å². The molecule has 0 saturated heterocycles. The fourth-order valence-corrected chi connectivity index (χ4v) is 2.78. The van der Waals surface area contributed by atoms with E-state index in [1.54, 1.807) is 24.8 Å². The summed E-state index contributed by atoms with van der Waals surface area (Å²) in [5.41, 5.74) is 7.53. The molecule has 6 heteroatoms. The molecule has 0 fully saturated rings. The van der Waals surface area contributed by atoms with Gasteiger partial charge in [-0.05, 0) is 29.6 Å². The van der Waals surface area contributed by atoms with Crippen LogP contribution in [0.2, 0.25) is 0 Å². The number of nitrogens with two attached hydrogens (primary N) is 1. The van der Waals surface area contributed by atoms with E-state index in [2.05, 4.69) is 15.3 Å². The summed E-state index contributed by atoms with van der Waals surface area (Å²) in [6.45, 7) is 0.593. The number of benzene rings is 1. The highest BCUT2D eigenvalue weighted by molar-refractivity contribution is 7.16. The van der Waals surface area contributed by atoms with Crippen LogP contribution in [0.4, 0.5) is 11.5 Å². The number of nitrogens with zero attached hydrogens (tertiary/aromatic N) is 2. The van der Waals surface area contributed by atoms with Crippen molar-refractivity contribution in [3.63, 3.8) is 0 Å².